The molecule has 0 aliphatic carbocycles. The SMILES string of the molecule is COc1cccc(S(=O)C(C)(C)C)c1SCc1ccccc1. The van der Waals surface area contributed by atoms with Crippen LogP contribution in [0.2, 0.25) is 0 Å². The first-order valence-corrected chi connectivity index (χ1v) is 9.32. The van der Waals surface area contributed by atoms with Gasteiger partial charge in [-0.15, -0.1) is 11.8 Å². The van der Waals surface area contributed by atoms with Crippen LogP contribution in [0.25, 0.3) is 0 Å². The van der Waals surface area contributed by atoms with E-state index >= 15 is 0 Å². The summed E-state index contributed by atoms with van der Waals surface area (Å²) in [5.41, 5.74) is 1.24. The van der Waals surface area contributed by atoms with E-state index in [-0.39, 0.29) is 4.75 Å². The maximum Gasteiger partial charge on any atom is 0.133 e. The van der Waals surface area contributed by atoms with E-state index in [1.54, 1.807) is 18.9 Å². The highest BCUT2D eigenvalue weighted by atomic mass is 32.2. The van der Waals surface area contributed by atoms with E-state index in [4.69, 9.17) is 4.74 Å². The molecular weight excluding hydrogens is 312 g/mol. The minimum absolute atomic E-state index is 0.297. The number of hydrogen-bond donors (Lipinski definition) is 0. The summed E-state index contributed by atoms with van der Waals surface area (Å²) in [5.74, 6) is 1.62. The van der Waals surface area contributed by atoms with Crippen molar-refractivity contribution in [2.75, 3.05) is 7.11 Å². The molecule has 0 fully saturated rings. The lowest BCUT2D eigenvalue weighted by atomic mass is 10.2. The Morgan fingerprint density at radius 3 is 2.32 bits per heavy atom. The molecule has 0 N–H and O–H groups in total. The summed E-state index contributed by atoms with van der Waals surface area (Å²) in [6.07, 6.45) is 0. The minimum atomic E-state index is -1.08. The Kier molecular flexibility index (Phi) is 5.70. The number of thioether (sulfide) groups is 1. The van der Waals surface area contributed by atoms with Crippen LogP contribution in [0.4, 0.5) is 0 Å². The Labute approximate surface area is 139 Å². The lowest BCUT2D eigenvalue weighted by molar-refractivity contribution is 0.402. The quantitative estimate of drug-likeness (QED) is 0.728. The third kappa shape index (κ3) is 4.14. The zero-order valence-electron chi connectivity index (χ0n) is 13.5. The van der Waals surface area contributed by atoms with Crippen LogP contribution in [0.15, 0.2) is 58.3 Å². The second-order valence-electron chi connectivity index (χ2n) is 5.94. The van der Waals surface area contributed by atoms with Crippen molar-refractivity contribution < 1.29 is 8.95 Å². The molecule has 0 saturated carbocycles. The van der Waals surface area contributed by atoms with E-state index in [2.05, 4.69) is 12.1 Å². The van der Waals surface area contributed by atoms with Gasteiger partial charge in [0.1, 0.15) is 5.75 Å². The molecule has 0 aromatic heterocycles. The summed E-state index contributed by atoms with van der Waals surface area (Å²) in [7, 11) is 0.576. The first-order chi connectivity index (χ1) is 10.4. The lowest BCUT2D eigenvalue weighted by Crippen LogP contribution is -2.22. The van der Waals surface area contributed by atoms with E-state index < -0.39 is 10.8 Å². The molecule has 0 aliphatic rings. The van der Waals surface area contributed by atoms with Crippen molar-refractivity contribution in [2.24, 2.45) is 0 Å². The van der Waals surface area contributed by atoms with E-state index in [1.165, 1.54) is 5.56 Å². The number of rotatable bonds is 5. The van der Waals surface area contributed by atoms with Gasteiger partial charge in [0.25, 0.3) is 0 Å². The van der Waals surface area contributed by atoms with Crippen LogP contribution in [0.3, 0.4) is 0 Å². The van der Waals surface area contributed by atoms with Crippen LogP contribution < -0.4 is 4.74 Å². The molecule has 1 unspecified atom stereocenters. The number of methoxy groups -OCH3 is 1. The summed E-state index contributed by atoms with van der Waals surface area (Å²) in [6, 6.07) is 16.1. The summed E-state index contributed by atoms with van der Waals surface area (Å²) >= 11 is 1.68. The normalized spacial score (nSPS) is 12.9. The topological polar surface area (TPSA) is 26.3 Å². The molecule has 0 bridgehead atoms. The molecule has 2 aromatic carbocycles. The van der Waals surface area contributed by atoms with E-state index in [9.17, 15) is 4.21 Å². The number of ether oxygens (including phenoxy) is 1. The number of hydrogen-bond acceptors (Lipinski definition) is 3. The Morgan fingerprint density at radius 2 is 1.73 bits per heavy atom. The standard InChI is InChI=1S/C18H22O2S2/c1-18(2,3)22(19)16-12-8-11-15(20-4)17(16)21-13-14-9-6-5-7-10-14/h5-12H,13H2,1-4H3. The fourth-order valence-electron chi connectivity index (χ4n) is 2.00. The van der Waals surface area contributed by atoms with Crippen LogP contribution in [-0.4, -0.2) is 16.1 Å². The van der Waals surface area contributed by atoms with Gasteiger partial charge in [-0.2, -0.15) is 0 Å². The zero-order chi connectivity index (χ0) is 16.2. The monoisotopic (exact) mass is 334 g/mol. The van der Waals surface area contributed by atoms with Gasteiger partial charge >= 0.3 is 0 Å². The fourth-order valence-corrected chi connectivity index (χ4v) is 4.55. The Morgan fingerprint density at radius 1 is 1.05 bits per heavy atom. The van der Waals surface area contributed by atoms with Crippen molar-refractivity contribution in [3.05, 3.63) is 54.1 Å². The molecule has 0 aliphatic heterocycles. The predicted octanol–water partition coefficient (Wildman–Crippen LogP) is 4.89. The third-order valence-electron chi connectivity index (χ3n) is 3.14. The van der Waals surface area contributed by atoms with Crippen LogP contribution in [-0.2, 0) is 16.6 Å². The van der Waals surface area contributed by atoms with Gasteiger partial charge in [0.15, 0.2) is 0 Å². The van der Waals surface area contributed by atoms with E-state index in [0.29, 0.717) is 0 Å². The Hall–Kier alpha value is -1.26. The minimum Gasteiger partial charge on any atom is -0.496 e. The molecule has 1 atom stereocenters. The van der Waals surface area contributed by atoms with Crippen LogP contribution in [0.1, 0.15) is 26.3 Å². The first-order valence-electron chi connectivity index (χ1n) is 7.19. The van der Waals surface area contributed by atoms with Gasteiger partial charge in [0.05, 0.1) is 27.7 Å². The second kappa shape index (κ2) is 7.34. The summed E-state index contributed by atoms with van der Waals surface area (Å²) in [5, 5.41) is 0. The molecular formula is C18H22O2S2. The predicted molar refractivity (Wildman–Crippen MR) is 95.2 cm³/mol. The molecule has 0 saturated heterocycles. The van der Waals surface area contributed by atoms with Crippen LogP contribution in [0.5, 0.6) is 5.75 Å². The van der Waals surface area contributed by atoms with Gasteiger partial charge in [-0.25, -0.2) is 0 Å². The highest BCUT2D eigenvalue weighted by Crippen LogP contribution is 2.38. The van der Waals surface area contributed by atoms with Gasteiger partial charge in [-0.05, 0) is 38.5 Å². The van der Waals surface area contributed by atoms with Gasteiger partial charge in [-0.1, -0.05) is 36.4 Å². The van der Waals surface area contributed by atoms with Crippen LogP contribution in [0, 0.1) is 0 Å². The molecule has 0 heterocycles. The van der Waals surface area contributed by atoms with E-state index in [1.807, 2.05) is 57.2 Å². The lowest BCUT2D eigenvalue weighted by Gasteiger charge is -2.21. The largest absolute Gasteiger partial charge is 0.496 e. The van der Waals surface area contributed by atoms with Gasteiger partial charge < -0.3 is 4.74 Å². The molecule has 0 spiro atoms. The van der Waals surface area contributed by atoms with E-state index in [0.717, 1.165) is 21.3 Å². The molecule has 2 rings (SSSR count). The molecule has 0 radical (unpaired) electrons. The highest BCUT2D eigenvalue weighted by Gasteiger charge is 2.25. The molecule has 22 heavy (non-hydrogen) atoms. The molecule has 0 amide bonds. The van der Waals surface area contributed by atoms with Gasteiger partial charge in [0.2, 0.25) is 0 Å². The summed E-state index contributed by atoms with van der Waals surface area (Å²) in [6.45, 7) is 5.98. The van der Waals surface area contributed by atoms with Crippen molar-refractivity contribution in [3.8, 4) is 5.75 Å². The average molecular weight is 335 g/mol. The van der Waals surface area contributed by atoms with Crippen molar-refractivity contribution in [1.29, 1.82) is 0 Å². The van der Waals surface area contributed by atoms with Crippen molar-refractivity contribution in [2.45, 2.75) is 41.1 Å². The maximum absolute atomic E-state index is 12.8. The summed E-state index contributed by atoms with van der Waals surface area (Å²) < 4.78 is 18.0. The van der Waals surface area contributed by atoms with Crippen molar-refractivity contribution >= 4 is 22.6 Å². The molecule has 2 nitrogen and oxygen atoms in total. The first kappa shape index (κ1) is 17.1. The van der Waals surface area contributed by atoms with Gasteiger partial charge in [0, 0.05) is 10.5 Å². The highest BCUT2D eigenvalue weighted by molar-refractivity contribution is 7.99. The van der Waals surface area contributed by atoms with Gasteiger partial charge in [-0.3, -0.25) is 4.21 Å². The molecule has 4 heteroatoms. The fraction of sp³-hybridized carbons (Fsp3) is 0.333. The smallest absolute Gasteiger partial charge is 0.133 e. The van der Waals surface area contributed by atoms with Crippen molar-refractivity contribution in [3.63, 3.8) is 0 Å². The Bertz CT molecular complexity index is 646. The third-order valence-corrected chi connectivity index (χ3v) is 6.31. The summed E-state index contributed by atoms with van der Waals surface area (Å²) in [4.78, 5) is 1.83. The zero-order valence-corrected chi connectivity index (χ0v) is 15.1. The average Bonchev–Trinajstić information content (AvgIpc) is 2.52. The Balaban J connectivity index is 2.33. The maximum atomic E-state index is 12.8. The van der Waals surface area contributed by atoms with Crippen molar-refractivity contribution in [1.82, 2.24) is 0 Å². The molecule has 2 aromatic rings. The number of benzene rings is 2. The van der Waals surface area contributed by atoms with Crippen LogP contribution >= 0.6 is 11.8 Å². The molecule has 118 valence electrons. The second-order valence-corrected chi connectivity index (χ2v) is 9.13.